The maximum absolute atomic E-state index is 12.5. The molecule has 1 amide bonds. The molecule has 7 heteroatoms. The van der Waals surface area contributed by atoms with E-state index in [1.165, 1.54) is 0 Å². The molecule has 0 aliphatic heterocycles. The van der Waals surface area contributed by atoms with E-state index in [0.717, 1.165) is 32.3 Å². The zero-order valence-corrected chi connectivity index (χ0v) is 18.6. The Hall–Kier alpha value is -2.83. The molecule has 0 atom stereocenters. The van der Waals surface area contributed by atoms with Crippen molar-refractivity contribution < 1.29 is 9.53 Å². The quantitative estimate of drug-likeness (QED) is 0.382. The number of aromatic nitrogens is 2. The van der Waals surface area contributed by atoms with Crippen LogP contribution < -0.4 is 10.1 Å². The molecule has 3 aromatic carbocycles. The van der Waals surface area contributed by atoms with Gasteiger partial charge in [0.25, 0.3) is 0 Å². The van der Waals surface area contributed by atoms with Gasteiger partial charge in [0.15, 0.2) is 0 Å². The molecule has 152 valence electrons. The molecule has 1 heterocycles. The predicted molar refractivity (Wildman–Crippen MR) is 123 cm³/mol. The smallest absolute Gasteiger partial charge is 0.228 e. The summed E-state index contributed by atoms with van der Waals surface area (Å²) in [4.78, 5) is 12.5. The van der Waals surface area contributed by atoms with E-state index in [9.17, 15) is 4.79 Å². The van der Waals surface area contributed by atoms with Gasteiger partial charge in [-0.3, -0.25) is 9.48 Å². The molecule has 0 aliphatic carbocycles. The summed E-state index contributed by atoms with van der Waals surface area (Å²) < 4.78 is 7.95. The summed E-state index contributed by atoms with van der Waals surface area (Å²) in [6, 6.07) is 19.0. The lowest BCUT2D eigenvalue weighted by Gasteiger charge is -2.07. The number of amides is 1. The fourth-order valence-corrected chi connectivity index (χ4v) is 3.98. The van der Waals surface area contributed by atoms with Gasteiger partial charge in [-0.05, 0) is 57.4 Å². The molecule has 1 aromatic heterocycles. The first-order chi connectivity index (χ1) is 14.5. The van der Waals surface area contributed by atoms with Crippen molar-refractivity contribution in [2.24, 2.45) is 0 Å². The van der Waals surface area contributed by atoms with Gasteiger partial charge < -0.3 is 10.1 Å². The second-order valence-corrected chi connectivity index (χ2v) is 8.14. The van der Waals surface area contributed by atoms with E-state index < -0.39 is 0 Å². The number of carbonyl (C=O) groups is 1. The van der Waals surface area contributed by atoms with Crippen LogP contribution in [0.1, 0.15) is 11.1 Å². The number of anilines is 1. The minimum absolute atomic E-state index is 0.132. The molecule has 0 aliphatic rings. The Morgan fingerprint density at radius 2 is 1.93 bits per heavy atom. The molecule has 0 spiro atoms. The van der Waals surface area contributed by atoms with E-state index in [1.54, 1.807) is 13.2 Å². The van der Waals surface area contributed by atoms with Crippen molar-refractivity contribution in [1.82, 2.24) is 9.78 Å². The number of carbonyl (C=O) groups excluding carboxylic acids is 1. The molecule has 0 saturated heterocycles. The van der Waals surface area contributed by atoms with E-state index in [2.05, 4.69) is 26.3 Å². The van der Waals surface area contributed by atoms with E-state index >= 15 is 0 Å². The molecule has 0 unspecified atom stereocenters. The van der Waals surface area contributed by atoms with Crippen LogP contribution in [0.4, 0.5) is 5.69 Å². The highest BCUT2D eigenvalue weighted by Gasteiger charge is 2.11. The average Bonchev–Trinajstić information content (AvgIpc) is 3.13. The molecule has 0 saturated carbocycles. The van der Waals surface area contributed by atoms with Crippen LogP contribution >= 0.6 is 27.5 Å². The van der Waals surface area contributed by atoms with E-state index in [0.29, 0.717) is 17.3 Å². The fraction of sp³-hybridized carbons (Fsp3) is 0.130. The first-order valence-electron chi connectivity index (χ1n) is 9.35. The van der Waals surface area contributed by atoms with Crippen LogP contribution in [0.25, 0.3) is 10.9 Å². The van der Waals surface area contributed by atoms with Crippen LogP contribution in [0, 0.1) is 0 Å². The molecule has 0 fully saturated rings. The highest BCUT2D eigenvalue weighted by Crippen LogP contribution is 2.28. The van der Waals surface area contributed by atoms with Crippen molar-refractivity contribution >= 4 is 50.0 Å². The van der Waals surface area contributed by atoms with Gasteiger partial charge in [0.1, 0.15) is 5.75 Å². The standard InChI is InChI=1S/C23H19BrClN3O2/c1-30-18-8-6-15(7-9-18)13-28-14-19-20(24)11-17(12-22(19)27-28)26-23(29)10-16-4-2-3-5-21(16)25/h2-9,11-12,14H,10,13H2,1H3,(H,26,29). The van der Waals surface area contributed by atoms with Gasteiger partial charge in [-0.1, -0.05) is 41.9 Å². The topological polar surface area (TPSA) is 56.1 Å². The molecular weight excluding hydrogens is 466 g/mol. The Labute approximate surface area is 187 Å². The van der Waals surface area contributed by atoms with Gasteiger partial charge in [0.05, 0.1) is 25.6 Å². The Balaban J connectivity index is 1.51. The number of fused-ring (bicyclic) bond motifs is 1. The number of halogens is 2. The zero-order chi connectivity index (χ0) is 21.1. The number of nitrogens with zero attached hydrogens (tertiary/aromatic N) is 2. The Kier molecular flexibility index (Phi) is 6.06. The molecule has 5 nitrogen and oxygen atoms in total. The molecular formula is C23H19BrClN3O2. The monoisotopic (exact) mass is 483 g/mol. The minimum Gasteiger partial charge on any atom is -0.497 e. The molecule has 4 aromatic rings. The predicted octanol–water partition coefficient (Wildman–Crippen LogP) is 5.69. The molecule has 0 bridgehead atoms. The number of hydrogen-bond acceptors (Lipinski definition) is 3. The van der Waals surface area contributed by atoms with Crippen molar-refractivity contribution in [2.45, 2.75) is 13.0 Å². The fourth-order valence-electron chi connectivity index (χ4n) is 3.22. The number of hydrogen-bond donors (Lipinski definition) is 1. The summed E-state index contributed by atoms with van der Waals surface area (Å²) in [6.07, 6.45) is 2.19. The largest absolute Gasteiger partial charge is 0.497 e. The Bertz CT molecular complexity index is 1210. The average molecular weight is 485 g/mol. The summed E-state index contributed by atoms with van der Waals surface area (Å²) in [5.74, 6) is 0.691. The number of ether oxygens (including phenoxy) is 1. The first kappa shape index (κ1) is 20.4. The SMILES string of the molecule is COc1ccc(Cn2cc3c(Br)cc(NC(=O)Cc4ccccc4Cl)cc3n2)cc1. The van der Waals surface area contributed by atoms with Crippen LogP contribution in [0.3, 0.4) is 0 Å². The second kappa shape index (κ2) is 8.90. The van der Waals surface area contributed by atoms with Crippen molar-refractivity contribution in [1.29, 1.82) is 0 Å². The number of benzene rings is 3. The normalized spacial score (nSPS) is 10.9. The summed E-state index contributed by atoms with van der Waals surface area (Å²) in [5.41, 5.74) is 3.39. The third-order valence-corrected chi connectivity index (χ3v) is 5.74. The van der Waals surface area contributed by atoms with E-state index in [-0.39, 0.29) is 12.3 Å². The van der Waals surface area contributed by atoms with Crippen LogP contribution in [-0.2, 0) is 17.8 Å². The lowest BCUT2D eigenvalue weighted by Crippen LogP contribution is -2.14. The van der Waals surface area contributed by atoms with Crippen molar-refractivity contribution in [3.05, 3.63) is 87.5 Å². The van der Waals surface area contributed by atoms with E-state index in [4.69, 9.17) is 16.3 Å². The summed E-state index contributed by atoms with van der Waals surface area (Å²) in [5, 5.41) is 9.16. The van der Waals surface area contributed by atoms with Gasteiger partial charge in [0.2, 0.25) is 5.91 Å². The third-order valence-electron chi connectivity index (χ3n) is 4.72. The van der Waals surface area contributed by atoms with Crippen molar-refractivity contribution in [2.75, 3.05) is 12.4 Å². The third kappa shape index (κ3) is 4.66. The van der Waals surface area contributed by atoms with Crippen molar-refractivity contribution in [3.8, 4) is 5.75 Å². The summed E-state index contributed by atoms with van der Waals surface area (Å²) >= 11 is 9.75. The van der Waals surface area contributed by atoms with Crippen LogP contribution in [0.15, 0.2) is 71.3 Å². The number of nitrogens with one attached hydrogen (secondary N) is 1. The lowest BCUT2D eigenvalue weighted by atomic mass is 10.1. The van der Waals surface area contributed by atoms with Crippen LogP contribution in [0.5, 0.6) is 5.75 Å². The first-order valence-corrected chi connectivity index (χ1v) is 10.5. The second-order valence-electron chi connectivity index (χ2n) is 6.88. The lowest BCUT2D eigenvalue weighted by molar-refractivity contribution is -0.115. The van der Waals surface area contributed by atoms with Gasteiger partial charge in [-0.15, -0.1) is 0 Å². The minimum atomic E-state index is -0.132. The van der Waals surface area contributed by atoms with Gasteiger partial charge in [-0.25, -0.2) is 0 Å². The van der Waals surface area contributed by atoms with Gasteiger partial charge in [0, 0.05) is 26.8 Å². The maximum atomic E-state index is 12.5. The van der Waals surface area contributed by atoms with Gasteiger partial charge >= 0.3 is 0 Å². The zero-order valence-electron chi connectivity index (χ0n) is 16.2. The van der Waals surface area contributed by atoms with Crippen molar-refractivity contribution in [3.63, 3.8) is 0 Å². The molecule has 0 radical (unpaired) electrons. The Morgan fingerprint density at radius 1 is 1.17 bits per heavy atom. The van der Waals surface area contributed by atoms with E-state index in [1.807, 2.05) is 65.5 Å². The molecule has 4 rings (SSSR count). The van der Waals surface area contributed by atoms with Crippen LogP contribution in [0.2, 0.25) is 5.02 Å². The Morgan fingerprint density at radius 3 is 2.67 bits per heavy atom. The molecule has 1 N–H and O–H groups in total. The molecule has 30 heavy (non-hydrogen) atoms. The van der Waals surface area contributed by atoms with Crippen LogP contribution in [-0.4, -0.2) is 22.8 Å². The number of methoxy groups -OCH3 is 1. The maximum Gasteiger partial charge on any atom is 0.228 e. The van der Waals surface area contributed by atoms with Gasteiger partial charge in [-0.2, -0.15) is 5.10 Å². The summed E-state index contributed by atoms with van der Waals surface area (Å²) in [6.45, 7) is 0.638. The summed E-state index contributed by atoms with van der Waals surface area (Å²) in [7, 11) is 1.65. The number of rotatable bonds is 6. The highest BCUT2D eigenvalue weighted by molar-refractivity contribution is 9.10. The highest BCUT2D eigenvalue weighted by atomic mass is 79.9.